The molecule has 1 aliphatic carbocycles. The molecule has 8 nitrogen and oxygen atoms in total. The molecule has 0 saturated carbocycles. The Morgan fingerprint density at radius 3 is 1.73 bits per heavy atom. The molecule has 0 amide bonds. The van der Waals surface area contributed by atoms with Crippen molar-refractivity contribution in [2.75, 3.05) is 18.0 Å². The molecule has 0 radical (unpaired) electrons. The van der Waals surface area contributed by atoms with Gasteiger partial charge in [-0.1, -0.05) is 66.2 Å². The monoisotopic (exact) mass is 683 g/mol. The van der Waals surface area contributed by atoms with Gasteiger partial charge in [0.2, 0.25) is 0 Å². The van der Waals surface area contributed by atoms with Crippen LogP contribution in [-0.4, -0.2) is 49.3 Å². The van der Waals surface area contributed by atoms with Crippen LogP contribution in [0, 0.1) is 6.92 Å². The number of nitrogens with zero attached hydrogens (tertiary/aromatic N) is 2. The molecule has 0 heterocycles. The van der Waals surface area contributed by atoms with E-state index in [4.69, 9.17) is 0 Å². The predicted octanol–water partition coefficient (Wildman–Crippen LogP) is 7.12. The summed E-state index contributed by atoms with van der Waals surface area (Å²) in [6, 6.07) is 29.4. The molecule has 48 heavy (non-hydrogen) atoms. The fraction of sp³-hybridized carbons (Fsp3) is 0.184. The largest absolute Gasteiger partial charge is 0.367 e. The number of rotatable bonds is 11. The Morgan fingerprint density at radius 2 is 1.21 bits per heavy atom. The smallest absolute Gasteiger partial charge is 0.294 e. The number of hydrogen-bond donors (Lipinski definition) is 2. The van der Waals surface area contributed by atoms with Crippen LogP contribution in [-0.2, 0) is 33.3 Å². The highest BCUT2D eigenvalue weighted by Crippen LogP contribution is 2.32. The van der Waals surface area contributed by atoms with Gasteiger partial charge in [0.25, 0.3) is 20.2 Å². The first-order chi connectivity index (χ1) is 22.9. The highest BCUT2D eigenvalue weighted by atomic mass is 32.2. The lowest BCUT2D eigenvalue weighted by Gasteiger charge is -2.24. The van der Waals surface area contributed by atoms with E-state index in [0.29, 0.717) is 26.2 Å². The first-order valence-corrected chi connectivity index (χ1v) is 18.5. The molecule has 0 saturated heterocycles. The summed E-state index contributed by atoms with van der Waals surface area (Å²) >= 11 is 0. The van der Waals surface area contributed by atoms with Gasteiger partial charge in [0, 0.05) is 36.5 Å². The van der Waals surface area contributed by atoms with E-state index < -0.39 is 20.2 Å². The molecule has 1 aliphatic rings. The Morgan fingerprint density at radius 1 is 0.688 bits per heavy atom. The van der Waals surface area contributed by atoms with Crippen LogP contribution < -0.4 is 4.90 Å². The Bertz CT molecular complexity index is 2130. The number of anilines is 1. The van der Waals surface area contributed by atoms with Gasteiger partial charge in [-0.25, -0.2) is 4.58 Å². The van der Waals surface area contributed by atoms with Crippen molar-refractivity contribution in [1.82, 2.24) is 0 Å². The van der Waals surface area contributed by atoms with E-state index in [-0.39, 0.29) is 9.79 Å². The molecule has 10 heteroatoms. The Balaban J connectivity index is 1.46. The van der Waals surface area contributed by atoms with Gasteiger partial charge in [0.05, 0.1) is 9.79 Å². The topological polar surface area (TPSA) is 115 Å². The van der Waals surface area contributed by atoms with E-state index in [1.165, 1.54) is 24.3 Å². The van der Waals surface area contributed by atoms with Crippen molar-refractivity contribution in [3.63, 3.8) is 0 Å². The maximum atomic E-state index is 11.7. The molecule has 0 aliphatic heterocycles. The lowest BCUT2D eigenvalue weighted by Crippen LogP contribution is -2.22. The quantitative estimate of drug-likeness (QED) is 0.128. The molecular weight excluding hydrogens is 645 g/mol. The van der Waals surface area contributed by atoms with Gasteiger partial charge < -0.3 is 4.90 Å². The van der Waals surface area contributed by atoms with Gasteiger partial charge >= 0.3 is 0 Å². The van der Waals surface area contributed by atoms with Crippen LogP contribution in [0.25, 0.3) is 5.57 Å². The summed E-state index contributed by atoms with van der Waals surface area (Å²) in [5.74, 6) is 0. The van der Waals surface area contributed by atoms with Gasteiger partial charge in [0.1, 0.15) is 6.54 Å². The zero-order valence-electron chi connectivity index (χ0n) is 27.1. The maximum Gasteiger partial charge on any atom is 0.294 e. The highest BCUT2D eigenvalue weighted by molar-refractivity contribution is 7.86. The zero-order chi connectivity index (χ0) is 34.5. The summed E-state index contributed by atoms with van der Waals surface area (Å²) in [6.07, 6.45) is 8.31. The number of hydrogen-bond acceptors (Lipinski definition) is 5. The molecule has 4 aromatic carbocycles. The fourth-order valence-corrected chi connectivity index (χ4v) is 6.82. The molecule has 5 rings (SSSR count). The lowest BCUT2D eigenvalue weighted by molar-refractivity contribution is -0.539. The van der Waals surface area contributed by atoms with Crippen molar-refractivity contribution in [3.05, 3.63) is 155 Å². The number of allylic oxidation sites excluding steroid dienone is 5. The Kier molecular flexibility index (Phi) is 10.6. The van der Waals surface area contributed by atoms with Gasteiger partial charge in [0.15, 0.2) is 12.3 Å². The van der Waals surface area contributed by atoms with Crippen LogP contribution in [0.1, 0.15) is 41.7 Å². The molecule has 0 spiro atoms. The van der Waals surface area contributed by atoms with Gasteiger partial charge in [-0.05, 0) is 97.2 Å². The maximum absolute atomic E-state index is 11.7. The van der Waals surface area contributed by atoms with Gasteiger partial charge in [-0.15, -0.1) is 0 Å². The molecule has 0 unspecified atom stereocenters. The lowest BCUT2D eigenvalue weighted by atomic mass is 9.90. The first kappa shape index (κ1) is 34.7. The van der Waals surface area contributed by atoms with E-state index in [2.05, 4.69) is 89.2 Å². The average Bonchev–Trinajstić information content (AvgIpc) is 3.07. The van der Waals surface area contributed by atoms with E-state index in [0.717, 1.165) is 50.4 Å². The van der Waals surface area contributed by atoms with Crippen molar-refractivity contribution in [2.45, 2.75) is 43.7 Å². The third-order valence-corrected chi connectivity index (χ3v) is 9.98. The SMILES string of the molecule is CCN(Cc1cccc(S(=O)(=O)O)c1)c1ccc(C(=C2C=CC(=[N+](CC)Cc3cccc(S(=O)(=O)O)c3)C=C2)c2ccc(C)cc2)cc1. The van der Waals surface area contributed by atoms with E-state index >= 15 is 0 Å². The van der Waals surface area contributed by atoms with E-state index in [1.54, 1.807) is 12.1 Å². The third kappa shape index (κ3) is 8.45. The predicted molar refractivity (Wildman–Crippen MR) is 191 cm³/mol. The molecule has 0 aromatic heterocycles. The molecule has 0 fully saturated rings. The third-order valence-electron chi connectivity index (χ3n) is 8.29. The van der Waals surface area contributed by atoms with Crippen molar-refractivity contribution >= 4 is 37.2 Å². The number of benzene rings is 4. The highest BCUT2D eigenvalue weighted by Gasteiger charge is 2.18. The van der Waals surface area contributed by atoms with Gasteiger partial charge in [-0.2, -0.15) is 16.8 Å². The number of aryl methyl sites for hydroxylation is 1. The van der Waals surface area contributed by atoms with E-state index in [1.807, 2.05) is 26.0 Å². The van der Waals surface area contributed by atoms with Crippen molar-refractivity contribution < 1.29 is 30.5 Å². The minimum atomic E-state index is -4.29. The normalized spacial score (nSPS) is 13.1. The molecule has 248 valence electrons. The van der Waals surface area contributed by atoms with Gasteiger partial charge in [-0.3, -0.25) is 9.11 Å². The van der Waals surface area contributed by atoms with Crippen LogP contribution in [0.4, 0.5) is 5.69 Å². The second-order valence-corrected chi connectivity index (χ2v) is 14.5. The second kappa shape index (κ2) is 14.7. The van der Waals surface area contributed by atoms with Crippen LogP contribution in [0.15, 0.2) is 137 Å². The Hall–Kier alpha value is -4.61. The standard InChI is InChI=1S/C38H38N2O6S2/c1-4-39(26-29-8-6-10-36(24-29)47(41,42)43)34-20-16-32(17-21-34)38(31-14-12-28(3)13-15-31)33-18-22-35(23-19-33)40(5-2)27-30-9-7-11-37(25-30)48(44,45)46/h6-25H,4-5,26-27H2,1-3H3,(H-,41,42,43,44,45,46)/p+1. The van der Waals surface area contributed by atoms with Crippen LogP contribution >= 0.6 is 0 Å². The molecule has 4 aromatic rings. The summed E-state index contributed by atoms with van der Waals surface area (Å²) in [5, 5.41) is 0. The minimum Gasteiger partial charge on any atom is -0.367 e. The summed E-state index contributed by atoms with van der Waals surface area (Å²) in [5.41, 5.74) is 8.89. The minimum absolute atomic E-state index is 0.122. The van der Waals surface area contributed by atoms with Crippen molar-refractivity contribution in [1.29, 1.82) is 0 Å². The first-order valence-electron chi connectivity index (χ1n) is 15.6. The van der Waals surface area contributed by atoms with E-state index in [9.17, 15) is 25.9 Å². The van der Waals surface area contributed by atoms with Crippen LogP contribution in [0.2, 0.25) is 0 Å². The average molecular weight is 684 g/mol. The fourth-order valence-electron chi connectivity index (χ4n) is 5.72. The molecule has 2 N–H and O–H groups in total. The molecule has 0 atom stereocenters. The Labute approximate surface area is 283 Å². The van der Waals surface area contributed by atoms with Crippen LogP contribution in [0.3, 0.4) is 0 Å². The zero-order valence-corrected chi connectivity index (χ0v) is 28.7. The van der Waals surface area contributed by atoms with Crippen molar-refractivity contribution in [3.8, 4) is 0 Å². The van der Waals surface area contributed by atoms with Crippen molar-refractivity contribution in [2.24, 2.45) is 0 Å². The summed E-state index contributed by atoms with van der Waals surface area (Å²) in [7, 11) is -8.57. The second-order valence-electron chi connectivity index (χ2n) is 11.6. The molecule has 0 bridgehead atoms. The summed E-state index contributed by atoms with van der Waals surface area (Å²) in [6.45, 7) is 8.47. The summed E-state index contributed by atoms with van der Waals surface area (Å²) < 4.78 is 67.7. The van der Waals surface area contributed by atoms with Crippen LogP contribution in [0.5, 0.6) is 0 Å². The summed E-state index contributed by atoms with van der Waals surface area (Å²) in [4.78, 5) is 1.89. The molecular formula is C38H39N2O6S2+.